The zero-order valence-electron chi connectivity index (χ0n) is 11.0. The molecule has 0 atom stereocenters. The molecule has 1 rings (SSSR count). The lowest BCUT2D eigenvalue weighted by Crippen LogP contribution is -2.52. The third-order valence-corrected chi connectivity index (χ3v) is 7.00. The van der Waals surface area contributed by atoms with Crippen LogP contribution in [0.25, 0.3) is 0 Å². The van der Waals surface area contributed by atoms with E-state index in [-0.39, 0.29) is 0 Å². The van der Waals surface area contributed by atoms with E-state index >= 15 is 0 Å². The third-order valence-electron chi connectivity index (χ3n) is 2.99. The highest BCUT2D eigenvalue weighted by Crippen LogP contribution is 2.19. The van der Waals surface area contributed by atoms with Crippen LogP contribution >= 0.6 is 15.9 Å². The zero-order valence-corrected chi connectivity index (χ0v) is 13.6. The molecule has 0 spiro atoms. The topological polar surface area (TPSA) is 18.5 Å². The number of halogens is 1. The predicted molar refractivity (Wildman–Crippen MR) is 77.8 cm³/mol. The minimum Gasteiger partial charge on any atom is -0.394 e. The van der Waals surface area contributed by atoms with E-state index in [0.29, 0.717) is 5.92 Å². The Balaban J connectivity index is 2.93. The molecular formula is C13H21BrO2Si. The molecule has 0 amide bonds. The van der Waals surface area contributed by atoms with Gasteiger partial charge in [-0.1, -0.05) is 41.9 Å². The maximum atomic E-state index is 5.76. The molecule has 0 unspecified atom stereocenters. The van der Waals surface area contributed by atoms with E-state index in [1.807, 2.05) is 12.1 Å². The van der Waals surface area contributed by atoms with Crippen molar-refractivity contribution in [2.75, 3.05) is 14.2 Å². The van der Waals surface area contributed by atoms with Gasteiger partial charge in [0.15, 0.2) is 0 Å². The fraction of sp³-hybridized carbons (Fsp3) is 0.538. The van der Waals surface area contributed by atoms with Crippen LogP contribution in [0.4, 0.5) is 0 Å². The van der Waals surface area contributed by atoms with Crippen molar-refractivity contribution in [2.45, 2.75) is 26.3 Å². The highest BCUT2D eigenvalue weighted by atomic mass is 79.9. The van der Waals surface area contributed by atoms with Crippen LogP contribution in [0.2, 0.25) is 6.04 Å². The van der Waals surface area contributed by atoms with Crippen LogP contribution in [0.15, 0.2) is 28.7 Å². The lowest BCUT2D eigenvalue weighted by molar-refractivity contribution is 0.254. The first-order chi connectivity index (χ1) is 8.04. The first kappa shape index (κ1) is 14.9. The molecule has 1 aromatic carbocycles. The first-order valence-corrected chi connectivity index (χ1v) is 8.72. The summed E-state index contributed by atoms with van der Waals surface area (Å²) in [6, 6.07) is 9.29. The average Bonchev–Trinajstić information content (AvgIpc) is 2.32. The van der Waals surface area contributed by atoms with Gasteiger partial charge in [-0.3, -0.25) is 0 Å². The van der Waals surface area contributed by atoms with Crippen LogP contribution in [-0.2, 0) is 8.85 Å². The molecule has 0 radical (unpaired) electrons. The average molecular weight is 317 g/mol. The molecule has 0 aromatic heterocycles. The van der Waals surface area contributed by atoms with Crippen molar-refractivity contribution in [1.82, 2.24) is 0 Å². The van der Waals surface area contributed by atoms with Gasteiger partial charge in [-0.2, -0.15) is 0 Å². The van der Waals surface area contributed by atoms with Crippen molar-refractivity contribution in [3.05, 3.63) is 28.7 Å². The maximum Gasteiger partial charge on any atom is 0.372 e. The fourth-order valence-corrected chi connectivity index (χ4v) is 5.08. The molecule has 17 heavy (non-hydrogen) atoms. The smallest absolute Gasteiger partial charge is 0.372 e. The van der Waals surface area contributed by atoms with Gasteiger partial charge in [0.25, 0.3) is 0 Å². The van der Waals surface area contributed by atoms with Crippen LogP contribution in [-0.4, -0.2) is 22.8 Å². The lowest BCUT2D eigenvalue weighted by atomic mass is 10.2. The fourth-order valence-electron chi connectivity index (χ4n) is 1.85. The van der Waals surface area contributed by atoms with Crippen molar-refractivity contribution in [1.29, 1.82) is 0 Å². The molecule has 0 aliphatic carbocycles. The summed E-state index contributed by atoms with van der Waals surface area (Å²) in [5.74, 6) is 0.669. The van der Waals surface area contributed by atoms with E-state index in [9.17, 15) is 0 Å². The van der Waals surface area contributed by atoms with Crippen LogP contribution in [0.1, 0.15) is 20.3 Å². The standard InChI is InChI=1S/C13H21BrO2Si/c1-11(2)9-10-17(15-3,16-4)13-7-5-12(14)6-8-13/h5-8,11H,9-10H2,1-4H3. The molecule has 0 N–H and O–H groups in total. The van der Waals surface area contributed by atoms with Gasteiger partial charge in [-0.25, -0.2) is 0 Å². The van der Waals surface area contributed by atoms with Gasteiger partial charge in [0.1, 0.15) is 0 Å². The molecular weight excluding hydrogens is 296 g/mol. The summed E-state index contributed by atoms with van der Waals surface area (Å²) in [7, 11) is 1.30. The minimum absolute atomic E-state index is 0.669. The minimum atomic E-state index is -2.23. The molecule has 1 aromatic rings. The lowest BCUT2D eigenvalue weighted by Gasteiger charge is -2.28. The number of hydrogen-bond donors (Lipinski definition) is 0. The van der Waals surface area contributed by atoms with E-state index in [1.54, 1.807) is 14.2 Å². The Bertz CT molecular complexity index is 334. The Morgan fingerprint density at radius 3 is 2.06 bits per heavy atom. The Morgan fingerprint density at radius 1 is 1.12 bits per heavy atom. The molecule has 2 nitrogen and oxygen atoms in total. The number of hydrogen-bond acceptors (Lipinski definition) is 2. The SMILES string of the molecule is CO[Si](CCC(C)C)(OC)c1ccc(Br)cc1. The maximum absolute atomic E-state index is 5.76. The second-order valence-electron chi connectivity index (χ2n) is 4.60. The van der Waals surface area contributed by atoms with Crippen molar-refractivity contribution in [3.63, 3.8) is 0 Å². The summed E-state index contributed by atoms with van der Waals surface area (Å²) < 4.78 is 12.6. The van der Waals surface area contributed by atoms with Gasteiger partial charge >= 0.3 is 8.56 Å². The first-order valence-electron chi connectivity index (χ1n) is 5.90. The van der Waals surface area contributed by atoms with Crippen molar-refractivity contribution >= 4 is 29.7 Å². The van der Waals surface area contributed by atoms with E-state index in [1.165, 1.54) is 5.19 Å². The Hall–Kier alpha value is -0.163. The summed E-state index contributed by atoms with van der Waals surface area (Å²) in [6.07, 6.45) is 1.13. The van der Waals surface area contributed by atoms with E-state index in [2.05, 4.69) is 41.9 Å². The monoisotopic (exact) mass is 316 g/mol. The largest absolute Gasteiger partial charge is 0.394 e. The quantitative estimate of drug-likeness (QED) is 0.748. The summed E-state index contributed by atoms with van der Waals surface area (Å²) in [6.45, 7) is 4.46. The molecule has 0 saturated carbocycles. The van der Waals surface area contributed by atoms with E-state index in [0.717, 1.165) is 16.9 Å². The zero-order chi connectivity index (χ0) is 12.9. The van der Waals surface area contributed by atoms with Gasteiger partial charge in [0, 0.05) is 18.7 Å². The molecule has 0 heterocycles. The van der Waals surface area contributed by atoms with Crippen molar-refractivity contribution in [3.8, 4) is 0 Å². The second-order valence-corrected chi connectivity index (χ2v) is 8.92. The van der Waals surface area contributed by atoms with Crippen molar-refractivity contribution in [2.24, 2.45) is 5.92 Å². The third kappa shape index (κ3) is 3.91. The Labute approximate surface area is 114 Å². The van der Waals surface area contributed by atoms with Gasteiger partial charge in [0.05, 0.1) is 0 Å². The predicted octanol–water partition coefficient (Wildman–Crippen LogP) is 3.44. The molecule has 0 fully saturated rings. The van der Waals surface area contributed by atoms with Gasteiger partial charge in [0.2, 0.25) is 0 Å². The summed E-state index contributed by atoms with van der Waals surface area (Å²) in [5.41, 5.74) is 0. The van der Waals surface area contributed by atoms with E-state index in [4.69, 9.17) is 8.85 Å². The highest BCUT2D eigenvalue weighted by Gasteiger charge is 2.37. The molecule has 0 aliphatic heterocycles. The van der Waals surface area contributed by atoms with Gasteiger partial charge < -0.3 is 8.85 Å². The second kappa shape index (κ2) is 6.68. The molecule has 0 aliphatic rings. The van der Waals surface area contributed by atoms with Crippen LogP contribution in [0.3, 0.4) is 0 Å². The molecule has 96 valence electrons. The van der Waals surface area contributed by atoms with Crippen LogP contribution in [0, 0.1) is 5.92 Å². The molecule has 0 saturated heterocycles. The molecule has 4 heteroatoms. The van der Waals surface area contributed by atoms with Crippen LogP contribution < -0.4 is 5.19 Å². The number of rotatable bonds is 6. The van der Waals surface area contributed by atoms with Gasteiger partial charge in [-0.15, -0.1) is 0 Å². The summed E-state index contributed by atoms with van der Waals surface area (Å²) >= 11 is 3.45. The highest BCUT2D eigenvalue weighted by molar-refractivity contribution is 9.10. The van der Waals surface area contributed by atoms with Crippen LogP contribution in [0.5, 0.6) is 0 Å². The molecule has 0 bridgehead atoms. The normalized spacial score (nSPS) is 12.1. The Kier molecular flexibility index (Phi) is 5.86. The summed E-state index contributed by atoms with van der Waals surface area (Å²) in [4.78, 5) is 0. The summed E-state index contributed by atoms with van der Waals surface area (Å²) in [5, 5.41) is 1.20. The van der Waals surface area contributed by atoms with E-state index < -0.39 is 8.56 Å². The number of benzene rings is 1. The van der Waals surface area contributed by atoms with Gasteiger partial charge in [-0.05, 0) is 35.7 Å². The van der Waals surface area contributed by atoms with Crippen molar-refractivity contribution < 1.29 is 8.85 Å². The Morgan fingerprint density at radius 2 is 1.65 bits per heavy atom.